The second-order valence-electron chi connectivity index (χ2n) is 6.00. The molecule has 0 spiro atoms. The smallest absolute Gasteiger partial charge is 0.329 e. The molecule has 1 fully saturated rings. The summed E-state index contributed by atoms with van der Waals surface area (Å²) in [7, 11) is 3.15. The number of ether oxygens (including phenoxy) is 2. The summed E-state index contributed by atoms with van der Waals surface area (Å²) < 4.78 is 10.3. The summed E-state index contributed by atoms with van der Waals surface area (Å²) in [5, 5.41) is 12.7. The number of rotatable bonds is 6. The van der Waals surface area contributed by atoms with Gasteiger partial charge in [0.15, 0.2) is 0 Å². The van der Waals surface area contributed by atoms with Gasteiger partial charge in [0.05, 0.1) is 19.6 Å². The average molecular weight is 356 g/mol. The van der Waals surface area contributed by atoms with Gasteiger partial charge in [-0.2, -0.15) is 0 Å². The molecule has 1 saturated carbocycles. The quantitative estimate of drug-likeness (QED) is 0.818. The first-order valence-corrected chi connectivity index (χ1v) is 8.17. The van der Waals surface area contributed by atoms with E-state index < -0.39 is 11.5 Å². The van der Waals surface area contributed by atoms with Gasteiger partial charge in [0.2, 0.25) is 5.91 Å². The molecule has 0 heterocycles. The second kappa shape index (κ2) is 7.85. The number of hydrogen-bond donors (Lipinski definition) is 2. The van der Waals surface area contributed by atoms with E-state index in [1.165, 1.54) is 7.11 Å². The molecular formula is C17H22ClNO5. The summed E-state index contributed by atoms with van der Waals surface area (Å²) in [4.78, 5) is 24.1. The fourth-order valence-corrected chi connectivity index (χ4v) is 3.23. The number of aliphatic carboxylic acids is 1. The maximum absolute atomic E-state index is 12.4. The van der Waals surface area contributed by atoms with Crippen LogP contribution in [0.4, 0.5) is 0 Å². The molecule has 0 saturated heterocycles. The first-order chi connectivity index (χ1) is 11.4. The highest BCUT2D eigenvalue weighted by atomic mass is 35.5. The predicted molar refractivity (Wildman–Crippen MR) is 89.5 cm³/mol. The van der Waals surface area contributed by atoms with Crippen molar-refractivity contribution in [2.24, 2.45) is 0 Å². The molecule has 0 bridgehead atoms. The zero-order chi connectivity index (χ0) is 17.7. The van der Waals surface area contributed by atoms with Crippen LogP contribution in [0.2, 0.25) is 5.02 Å². The highest BCUT2D eigenvalue weighted by Gasteiger charge is 2.43. The largest absolute Gasteiger partial charge is 0.497 e. The van der Waals surface area contributed by atoms with E-state index in [2.05, 4.69) is 5.32 Å². The van der Waals surface area contributed by atoms with E-state index >= 15 is 0 Å². The van der Waals surface area contributed by atoms with Crippen LogP contribution in [-0.4, -0.2) is 42.8 Å². The third-order valence-electron chi connectivity index (χ3n) is 4.52. The van der Waals surface area contributed by atoms with Crippen molar-refractivity contribution in [3.05, 3.63) is 28.8 Å². The van der Waals surface area contributed by atoms with Crippen LogP contribution in [0.25, 0.3) is 0 Å². The fraction of sp³-hybridized carbons (Fsp3) is 0.529. The molecule has 1 amide bonds. The van der Waals surface area contributed by atoms with E-state index in [1.54, 1.807) is 25.3 Å². The lowest BCUT2D eigenvalue weighted by atomic mass is 9.80. The number of methoxy groups -OCH3 is 2. The van der Waals surface area contributed by atoms with Crippen LogP contribution in [0.1, 0.15) is 31.2 Å². The summed E-state index contributed by atoms with van der Waals surface area (Å²) in [6.45, 7) is 0. The minimum absolute atomic E-state index is 0.0194. The Labute approximate surface area is 146 Å². The first-order valence-electron chi connectivity index (χ1n) is 7.80. The van der Waals surface area contributed by atoms with Crippen LogP contribution in [0.5, 0.6) is 5.75 Å². The van der Waals surface area contributed by atoms with Crippen molar-refractivity contribution in [2.75, 3.05) is 14.2 Å². The van der Waals surface area contributed by atoms with Gasteiger partial charge in [0.25, 0.3) is 0 Å². The standard InChI is InChI=1S/C17H22ClNO5/c1-23-12-5-7-17(8-6-12,16(21)22)19-15(20)9-11-3-4-13(24-2)10-14(11)18/h3-4,10,12H,5-9H2,1-2H3,(H,19,20)(H,21,22). The van der Waals surface area contributed by atoms with Gasteiger partial charge in [-0.25, -0.2) is 4.79 Å². The second-order valence-corrected chi connectivity index (χ2v) is 6.41. The highest BCUT2D eigenvalue weighted by Crippen LogP contribution is 2.30. The zero-order valence-corrected chi connectivity index (χ0v) is 14.6. The summed E-state index contributed by atoms with van der Waals surface area (Å²) in [5.74, 6) is -0.768. The van der Waals surface area contributed by atoms with Crippen molar-refractivity contribution in [3.8, 4) is 5.75 Å². The van der Waals surface area contributed by atoms with Crippen molar-refractivity contribution < 1.29 is 24.2 Å². The maximum Gasteiger partial charge on any atom is 0.329 e. The maximum atomic E-state index is 12.4. The number of nitrogens with one attached hydrogen (secondary N) is 1. The van der Waals surface area contributed by atoms with Crippen LogP contribution < -0.4 is 10.1 Å². The molecule has 1 aromatic rings. The summed E-state index contributed by atoms with van der Waals surface area (Å²) in [6, 6.07) is 5.04. The van der Waals surface area contributed by atoms with Gasteiger partial charge in [-0.05, 0) is 43.4 Å². The number of hydrogen-bond acceptors (Lipinski definition) is 4. The van der Waals surface area contributed by atoms with E-state index in [0.29, 0.717) is 42.0 Å². The van der Waals surface area contributed by atoms with Gasteiger partial charge < -0.3 is 19.9 Å². The van der Waals surface area contributed by atoms with Crippen molar-refractivity contribution in [1.29, 1.82) is 0 Å². The van der Waals surface area contributed by atoms with Crippen molar-refractivity contribution in [1.82, 2.24) is 5.32 Å². The van der Waals surface area contributed by atoms with Gasteiger partial charge in [0.1, 0.15) is 11.3 Å². The Kier molecular flexibility index (Phi) is 6.07. The van der Waals surface area contributed by atoms with E-state index in [0.717, 1.165) is 0 Å². The number of carbonyl (C=O) groups is 2. The number of amides is 1. The molecular weight excluding hydrogens is 334 g/mol. The molecule has 1 aliphatic carbocycles. The van der Waals surface area contributed by atoms with Gasteiger partial charge in [0, 0.05) is 12.1 Å². The molecule has 0 aliphatic heterocycles. The molecule has 132 valence electrons. The van der Waals surface area contributed by atoms with E-state index in [-0.39, 0.29) is 18.4 Å². The number of benzene rings is 1. The Morgan fingerprint density at radius 2 is 2.00 bits per heavy atom. The lowest BCUT2D eigenvalue weighted by molar-refractivity contribution is -0.150. The number of carboxylic acid groups (broad SMARTS) is 1. The van der Waals surface area contributed by atoms with E-state index in [9.17, 15) is 14.7 Å². The first kappa shape index (κ1) is 18.5. The molecule has 6 nitrogen and oxygen atoms in total. The summed E-state index contributed by atoms with van der Waals surface area (Å²) in [5.41, 5.74) is -0.605. The van der Waals surface area contributed by atoms with Crippen LogP contribution in [-0.2, 0) is 20.7 Å². The topological polar surface area (TPSA) is 84.9 Å². The molecule has 24 heavy (non-hydrogen) atoms. The minimum Gasteiger partial charge on any atom is -0.497 e. The molecule has 0 radical (unpaired) electrons. The molecule has 1 aliphatic rings. The molecule has 7 heteroatoms. The van der Waals surface area contributed by atoms with Crippen molar-refractivity contribution >= 4 is 23.5 Å². The Morgan fingerprint density at radius 1 is 1.33 bits per heavy atom. The van der Waals surface area contributed by atoms with Crippen LogP contribution in [0.15, 0.2) is 18.2 Å². The predicted octanol–water partition coefficient (Wildman–Crippen LogP) is 2.42. The van der Waals surface area contributed by atoms with Crippen molar-refractivity contribution in [2.45, 2.75) is 43.7 Å². The Hall–Kier alpha value is -1.79. The average Bonchev–Trinajstić information content (AvgIpc) is 2.57. The summed E-state index contributed by atoms with van der Waals surface area (Å²) >= 11 is 6.14. The molecule has 0 atom stereocenters. The van der Waals surface area contributed by atoms with Gasteiger partial charge in [-0.15, -0.1) is 0 Å². The SMILES string of the molecule is COc1ccc(CC(=O)NC2(C(=O)O)CCC(OC)CC2)c(Cl)c1. The number of halogens is 1. The molecule has 2 rings (SSSR count). The fourth-order valence-electron chi connectivity index (χ4n) is 2.99. The number of carbonyl (C=O) groups excluding carboxylic acids is 1. The van der Waals surface area contributed by atoms with Crippen LogP contribution in [0, 0.1) is 0 Å². The van der Waals surface area contributed by atoms with Crippen LogP contribution in [0.3, 0.4) is 0 Å². The lowest BCUT2D eigenvalue weighted by Gasteiger charge is -2.37. The van der Waals surface area contributed by atoms with E-state index in [4.69, 9.17) is 21.1 Å². The molecule has 0 unspecified atom stereocenters. The molecule has 1 aromatic carbocycles. The van der Waals surface area contributed by atoms with Gasteiger partial charge >= 0.3 is 5.97 Å². The van der Waals surface area contributed by atoms with Crippen molar-refractivity contribution in [3.63, 3.8) is 0 Å². The van der Waals surface area contributed by atoms with Crippen LogP contribution >= 0.6 is 11.6 Å². The third-order valence-corrected chi connectivity index (χ3v) is 4.87. The normalized spacial score (nSPS) is 23.5. The molecule has 2 N–H and O–H groups in total. The van der Waals surface area contributed by atoms with Gasteiger partial charge in [-0.3, -0.25) is 4.79 Å². The summed E-state index contributed by atoms with van der Waals surface area (Å²) in [6.07, 6.45) is 1.97. The monoisotopic (exact) mass is 355 g/mol. The lowest BCUT2D eigenvalue weighted by Crippen LogP contribution is -2.57. The Morgan fingerprint density at radius 3 is 2.50 bits per heavy atom. The van der Waals surface area contributed by atoms with E-state index in [1.807, 2.05) is 0 Å². The minimum atomic E-state index is -1.23. The molecule has 0 aromatic heterocycles. The highest BCUT2D eigenvalue weighted by molar-refractivity contribution is 6.31. The third kappa shape index (κ3) is 4.19. The Bertz CT molecular complexity index is 611. The Balaban J connectivity index is 2.05. The number of carboxylic acids is 1. The van der Waals surface area contributed by atoms with Gasteiger partial charge in [-0.1, -0.05) is 17.7 Å². The zero-order valence-electron chi connectivity index (χ0n) is 13.8.